The highest BCUT2D eigenvalue weighted by Gasteiger charge is 2.48. The van der Waals surface area contributed by atoms with Gasteiger partial charge in [0.25, 0.3) is 0 Å². The summed E-state index contributed by atoms with van der Waals surface area (Å²) in [5.41, 5.74) is 0.195. The Balaban J connectivity index is 1.85. The molecule has 0 heterocycles. The standard InChI is InChI=1S/C23H22O5/c1-17(24)23(28-16-19-10-6-3-7-11-19)14-20(12-13-21(23)22(25)26)27-15-18-8-4-2-5-9-18/h2-14,21H,15-16H2,1H3,(H,25,26). The monoisotopic (exact) mass is 378 g/mol. The van der Waals surface area contributed by atoms with Gasteiger partial charge in [-0.05, 0) is 30.2 Å². The lowest BCUT2D eigenvalue weighted by atomic mass is 9.80. The third-order valence-corrected chi connectivity index (χ3v) is 4.66. The van der Waals surface area contributed by atoms with Crippen molar-refractivity contribution in [1.82, 2.24) is 0 Å². The smallest absolute Gasteiger partial charge is 0.314 e. The summed E-state index contributed by atoms with van der Waals surface area (Å²) in [5, 5.41) is 9.66. The molecule has 0 aromatic heterocycles. The molecule has 5 nitrogen and oxygen atoms in total. The molecule has 2 atom stereocenters. The molecule has 3 rings (SSSR count). The van der Waals surface area contributed by atoms with Gasteiger partial charge in [0.1, 0.15) is 18.3 Å². The van der Waals surface area contributed by atoms with Crippen LogP contribution in [0.15, 0.2) is 84.7 Å². The fourth-order valence-electron chi connectivity index (χ4n) is 3.11. The fourth-order valence-corrected chi connectivity index (χ4v) is 3.11. The van der Waals surface area contributed by atoms with Crippen LogP contribution in [0.2, 0.25) is 0 Å². The van der Waals surface area contributed by atoms with Crippen molar-refractivity contribution in [2.24, 2.45) is 5.92 Å². The van der Waals surface area contributed by atoms with Gasteiger partial charge in [0.05, 0.1) is 6.61 Å². The third kappa shape index (κ3) is 4.38. The predicted octanol–water partition coefficient (Wildman–Crippen LogP) is 3.90. The zero-order valence-corrected chi connectivity index (χ0v) is 15.6. The van der Waals surface area contributed by atoms with Gasteiger partial charge in [-0.15, -0.1) is 0 Å². The second kappa shape index (κ2) is 8.67. The van der Waals surface area contributed by atoms with Crippen molar-refractivity contribution in [2.75, 3.05) is 0 Å². The molecule has 5 heteroatoms. The minimum absolute atomic E-state index is 0.112. The number of carboxylic acid groups (broad SMARTS) is 1. The Morgan fingerprint density at radius 1 is 0.964 bits per heavy atom. The first-order valence-electron chi connectivity index (χ1n) is 9.01. The number of allylic oxidation sites excluding steroid dienone is 1. The van der Waals surface area contributed by atoms with E-state index in [1.807, 2.05) is 60.7 Å². The second-order valence-corrected chi connectivity index (χ2v) is 6.62. The Hall–Kier alpha value is -3.18. The zero-order valence-electron chi connectivity index (χ0n) is 15.6. The van der Waals surface area contributed by atoms with E-state index in [1.54, 1.807) is 6.08 Å². The molecule has 0 radical (unpaired) electrons. The average molecular weight is 378 g/mol. The fraction of sp³-hybridized carbons (Fsp3) is 0.217. The van der Waals surface area contributed by atoms with Crippen molar-refractivity contribution in [3.63, 3.8) is 0 Å². The van der Waals surface area contributed by atoms with Crippen molar-refractivity contribution in [3.05, 3.63) is 95.8 Å². The highest BCUT2D eigenvalue weighted by molar-refractivity contribution is 5.94. The minimum Gasteiger partial charge on any atom is -0.489 e. The third-order valence-electron chi connectivity index (χ3n) is 4.66. The van der Waals surface area contributed by atoms with Gasteiger partial charge in [-0.3, -0.25) is 9.59 Å². The Morgan fingerprint density at radius 3 is 2.07 bits per heavy atom. The number of hydrogen-bond donors (Lipinski definition) is 1. The number of ketones is 1. The number of ether oxygens (including phenoxy) is 2. The lowest BCUT2D eigenvalue weighted by Crippen LogP contribution is -2.49. The normalized spacial score (nSPS) is 21.0. The summed E-state index contributed by atoms with van der Waals surface area (Å²) in [4.78, 5) is 24.4. The van der Waals surface area contributed by atoms with Crippen LogP contribution in [0.4, 0.5) is 0 Å². The van der Waals surface area contributed by atoms with E-state index in [-0.39, 0.29) is 12.4 Å². The lowest BCUT2D eigenvalue weighted by Gasteiger charge is -2.35. The van der Waals surface area contributed by atoms with E-state index in [2.05, 4.69) is 0 Å². The van der Waals surface area contributed by atoms with Gasteiger partial charge in [-0.2, -0.15) is 0 Å². The van der Waals surface area contributed by atoms with Crippen molar-refractivity contribution < 1.29 is 24.2 Å². The van der Waals surface area contributed by atoms with Crippen LogP contribution in [-0.2, 0) is 32.3 Å². The first-order valence-corrected chi connectivity index (χ1v) is 9.01. The van der Waals surface area contributed by atoms with Crippen molar-refractivity contribution in [3.8, 4) is 0 Å². The summed E-state index contributed by atoms with van der Waals surface area (Å²) in [5.74, 6) is -2.23. The first kappa shape index (κ1) is 19.6. The average Bonchev–Trinajstić information content (AvgIpc) is 2.72. The van der Waals surface area contributed by atoms with Crippen LogP contribution in [0.5, 0.6) is 0 Å². The highest BCUT2D eigenvalue weighted by Crippen LogP contribution is 2.34. The molecule has 0 saturated carbocycles. The predicted molar refractivity (Wildman–Crippen MR) is 104 cm³/mol. The largest absolute Gasteiger partial charge is 0.489 e. The number of carbonyl (C=O) groups excluding carboxylic acids is 1. The number of carbonyl (C=O) groups is 2. The van der Waals surface area contributed by atoms with Crippen molar-refractivity contribution >= 4 is 11.8 Å². The molecule has 0 saturated heterocycles. The summed E-state index contributed by atoms with van der Waals surface area (Å²) in [6, 6.07) is 18.9. The Kier molecular flexibility index (Phi) is 6.06. The maximum absolute atomic E-state index is 12.6. The van der Waals surface area contributed by atoms with E-state index in [9.17, 15) is 14.7 Å². The molecule has 1 aliphatic rings. The van der Waals surface area contributed by atoms with Crippen LogP contribution in [0.1, 0.15) is 18.1 Å². The van der Waals surface area contributed by atoms with E-state index in [1.165, 1.54) is 19.1 Å². The van der Waals surface area contributed by atoms with E-state index < -0.39 is 17.5 Å². The van der Waals surface area contributed by atoms with Crippen LogP contribution in [0, 0.1) is 5.92 Å². The van der Waals surface area contributed by atoms with E-state index in [0.29, 0.717) is 12.4 Å². The number of hydrogen-bond acceptors (Lipinski definition) is 4. The van der Waals surface area contributed by atoms with Crippen LogP contribution in [-0.4, -0.2) is 22.5 Å². The molecule has 0 fully saturated rings. The van der Waals surface area contributed by atoms with Crippen molar-refractivity contribution in [1.29, 1.82) is 0 Å². The molecular weight excluding hydrogens is 356 g/mol. The van der Waals surface area contributed by atoms with Crippen molar-refractivity contribution in [2.45, 2.75) is 25.7 Å². The lowest BCUT2D eigenvalue weighted by molar-refractivity contribution is -0.159. The number of rotatable bonds is 8. The maximum atomic E-state index is 12.6. The van der Waals surface area contributed by atoms with E-state index in [0.717, 1.165) is 11.1 Å². The van der Waals surface area contributed by atoms with E-state index >= 15 is 0 Å². The van der Waals surface area contributed by atoms with Crippen LogP contribution in [0.3, 0.4) is 0 Å². The van der Waals surface area contributed by atoms with Gasteiger partial charge in [0.15, 0.2) is 11.4 Å². The summed E-state index contributed by atoms with van der Waals surface area (Å²) in [6.45, 7) is 1.76. The maximum Gasteiger partial charge on any atom is 0.314 e. The zero-order chi connectivity index (χ0) is 20.0. The Bertz CT molecular complexity index is 886. The van der Waals surface area contributed by atoms with Crippen LogP contribution >= 0.6 is 0 Å². The molecule has 0 amide bonds. The quantitative estimate of drug-likeness (QED) is 0.754. The summed E-state index contributed by atoms with van der Waals surface area (Å²) < 4.78 is 11.7. The van der Waals surface area contributed by atoms with Gasteiger partial charge < -0.3 is 14.6 Å². The summed E-state index contributed by atoms with van der Waals surface area (Å²) >= 11 is 0. The molecule has 2 aromatic rings. The second-order valence-electron chi connectivity index (χ2n) is 6.62. The number of aliphatic carboxylic acids is 1. The Morgan fingerprint density at radius 2 is 1.54 bits per heavy atom. The molecule has 1 N–H and O–H groups in total. The highest BCUT2D eigenvalue weighted by atomic mass is 16.5. The number of benzene rings is 2. The summed E-state index contributed by atoms with van der Waals surface area (Å²) in [6.07, 6.45) is 4.52. The molecule has 1 aliphatic carbocycles. The van der Waals surface area contributed by atoms with Gasteiger partial charge in [-0.1, -0.05) is 66.7 Å². The Labute approximate surface area is 163 Å². The number of Topliss-reactive ketones (excluding diaryl/α,β-unsaturated/α-hetero) is 1. The van der Waals surface area contributed by atoms with Crippen LogP contribution in [0.25, 0.3) is 0 Å². The SMILES string of the molecule is CC(=O)C1(OCc2ccccc2)C=C(OCc2ccccc2)C=CC1C(=O)O. The molecule has 0 aliphatic heterocycles. The first-order chi connectivity index (χ1) is 13.5. The van der Waals surface area contributed by atoms with Gasteiger partial charge >= 0.3 is 5.97 Å². The van der Waals surface area contributed by atoms with Gasteiger partial charge in [-0.25, -0.2) is 0 Å². The minimum atomic E-state index is -1.62. The van der Waals surface area contributed by atoms with Gasteiger partial charge in [0.2, 0.25) is 0 Å². The molecule has 144 valence electrons. The summed E-state index contributed by atoms with van der Waals surface area (Å²) in [7, 11) is 0. The number of carboxylic acids is 1. The molecule has 2 unspecified atom stereocenters. The van der Waals surface area contributed by atoms with E-state index in [4.69, 9.17) is 9.47 Å². The molecule has 2 aromatic carbocycles. The van der Waals surface area contributed by atoms with Crippen LogP contribution < -0.4 is 0 Å². The topological polar surface area (TPSA) is 72.8 Å². The molecule has 0 spiro atoms. The van der Waals surface area contributed by atoms with Gasteiger partial charge in [0, 0.05) is 0 Å². The molecular formula is C23H22O5. The molecule has 0 bridgehead atoms. The molecule has 28 heavy (non-hydrogen) atoms.